The number of imide groups is 1. The van der Waals surface area contributed by atoms with Crippen LogP contribution >= 0.6 is 11.8 Å². The molecule has 0 unspecified atom stereocenters. The number of thioether (sulfide) groups is 1. The lowest BCUT2D eigenvalue weighted by molar-refractivity contribution is -0.116. The number of amidine groups is 1. The minimum absolute atomic E-state index is 0.0422. The molecule has 11 heteroatoms. The number of carbonyl (C=O) groups excluding carboxylic acids is 2. The van der Waals surface area contributed by atoms with E-state index in [9.17, 15) is 22.8 Å². The summed E-state index contributed by atoms with van der Waals surface area (Å²) in [4.78, 5) is 31.0. The fourth-order valence-electron chi connectivity index (χ4n) is 2.73. The fraction of sp³-hybridized carbons (Fsp3) is 0.176. The second-order valence-electron chi connectivity index (χ2n) is 5.86. The van der Waals surface area contributed by atoms with E-state index in [1.807, 2.05) is 0 Å². The van der Waals surface area contributed by atoms with Gasteiger partial charge in [-0.15, -0.1) is 0 Å². The van der Waals surface area contributed by atoms with Crippen LogP contribution in [0, 0.1) is 5.41 Å². The summed E-state index contributed by atoms with van der Waals surface area (Å²) in [5.41, 5.74) is 2.19. The fourth-order valence-corrected chi connectivity index (χ4v) is 3.27. The van der Waals surface area contributed by atoms with Gasteiger partial charge in [0.25, 0.3) is 5.91 Å². The van der Waals surface area contributed by atoms with Crippen LogP contribution in [0.25, 0.3) is 0 Å². The molecular formula is C17H14F3N5O2S. The molecule has 0 bridgehead atoms. The Morgan fingerprint density at radius 3 is 2.50 bits per heavy atom. The van der Waals surface area contributed by atoms with Crippen molar-refractivity contribution < 1.29 is 22.8 Å². The Labute approximate surface area is 161 Å². The highest BCUT2D eigenvalue weighted by atomic mass is 32.2. The maximum atomic E-state index is 12.7. The molecule has 0 saturated carbocycles. The van der Waals surface area contributed by atoms with Crippen LogP contribution in [0.4, 0.5) is 23.7 Å². The van der Waals surface area contributed by atoms with Gasteiger partial charge in [-0.2, -0.15) is 13.2 Å². The minimum Gasteiger partial charge on any atom is -0.384 e. The number of anilines is 1. The number of halogens is 3. The molecule has 3 rings (SSSR count). The summed E-state index contributed by atoms with van der Waals surface area (Å²) >= 11 is -0.276. The number of pyridine rings is 1. The van der Waals surface area contributed by atoms with Gasteiger partial charge in [0.1, 0.15) is 12.4 Å². The average Bonchev–Trinajstić information content (AvgIpc) is 2.88. The number of nitrogen functional groups attached to an aromatic ring is 1. The van der Waals surface area contributed by atoms with E-state index in [1.54, 1.807) is 6.07 Å². The molecule has 0 atom stereocenters. The third-order valence-corrected chi connectivity index (χ3v) is 4.67. The number of nitrogens with one attached hydrogen (secondary N) is 1. The molecule has 0 radical (unpaired) electrons. The van der Waals surface area contributed by atoms with Crippen molar-refractivity contribution in [2.24, 2.45) is 5.73 Å². The first-order chi connectivity index (χ1) is 13.2. The van der Waals surface area contributed by atoms with E-state index >= 15 is 0 Å². The van der Waals surface area contributed by atoms with Crippen LogP contribution in [0.15, 0.2) is 47.6 Å². The summed E-state index contributed by atoms with van der Waals surface area (Å²) in [6.07, 6.45) is 2.88. The smallest absolute Gasteiger partial charge is 0.384 e. The first kappa shape index (κ1) is 19.7. The third-order valence-electron chi connectivity index (χ3n) is 3.93. The number of nitrogens with two attached hydrogens (primary N) is 1. The quantitative estimate of drug-likeness (QED) is 0.342. The second-order valence-corrected chi connectivity index (χ2v) is 6.99. The van der Waals surface area contributed by atoms with Gasteiger partial charge in [-0.05, 0) is 47.7 Å². The average molecular weight is 409 g/mol. The monoisotopic (exact) mass is 409 g/mol. The highest BCUT2D eigenvalue weighted by Crippen LogP contribution is 2.37. The highest BCUT2D eigenvalue weighted by Gasteiger charge is 2.37. The van der Waals surface area contributed by atoms with Crippen LogP contribution in [-0.2, 0) is 11.3 Å². The molecular weight excluding hydrogens is 395 g/mol. The lowest BCUT2D eigenvalue weighted by atomic mass is 10.1. The second kappa shape index (κ2) is 7.50. The number of hydrogen-bond acceptors (Lipinski definition) is 5. The van der Waals surface area contributed by atoms with Crippen molar-refractivity contribution in [1.82, 2.24) is 9.88 Å². The summed E-state index contributed by atoms with van der Waals surface area (Å²) in [7, 11) is 0. The van der Waals surface area contributed by atoms with Gasteiger partial charge in [0.2, 0.25) is 0 Å². The standard InChI is InChI=1S/C17H14F3N5O2S/c18-17(19,20)28-12-3-1-11(2-4-12)25-14(26)9-24(16(25)27)8-10-5-6-23-7-13(10)15(21)22/h1-7H,8-9H2,(H3,21,22). The van der Waals surface area contributed by atoms with E-state index in [0.29, 0.717) is 11.1 Å². The Hall–Kier alpha value is -3.08. The zero-order valence-electron chi connectivity index (χ0n) is 14.2. The van der Waals surface area contributed by atoms with Gasteiger partial charge < -0.3 is 10.6 Å². The van der Waals surface area contributed by atoms with Crippen molar-refractivity contribution in [2.45, 2.75) is 16.9 Å². The number of carbonyl (C=O) groups is 2. The molecule has 0 spiro atoms. The van der Waals surface area contributed by atoms with E-state index in [2.05, 4.69) is 4.98 Å². The highest BCUT2D eigenvalue weighted by molar-refractivity contribution is 8.00. The zero-order chi connectivity index (χ0) is 20.5. The lowest BCUT2D eigenvalue weighted by Gasteiger charge is -2.18. The summed E-state index contributed by atoms with van der Waals surface area (Å²) in [5.74, 6) is -0.713. The molecule has 1 aliphatic heterocycles. The van der Waals surface area contributed by atoms with Crippen molar-refractivity contribution >= 4 is 35.2 Å². The molecule has 3 N–H and O–H groups in total. The van der Waals surface area contributed by atoms with Crippen molar-refractivity contribution in [3.8, 4) is 0 Å². The van der Waals surface area contributed by atoms with Crippen LogP contribution in [0.3, 0.4) is 0 Å². The normalized spacial score (nSPS) is 14.7. The molecule has 1 aromatic heterocycles. The topological polar surface area (TPSA) is 103 Å². The van der Waals surface area contributed by atoms with Crippen LogP contribution < -0.4 is 10.6 Å². The molecule has 2 heterocycles. The van der Waals surface area contributed by atoms with E-state index in [4.69, 9.17) is 11.1 Å². The van der Waals surface area contributed by atoms with Crippen molar-refractivity contribution in [1.29, 1.82) is 5.41 Å². The Bertz CT molecular complexity index is 933. The number of amides is 3. The third kappa shape index (κ3) is 4.25. The van der Waals surface area contributed by atoms with Gasteiger partial charge in [0.15, 0.2) is 0 Å². The number of rotatable bonds is 5. The summed E-state index contributed by atoms with van der Waals surface area (Å²) in [6, 6.07) is 5.98. The number of benzene rings is 1. The lowest BCUT2D eigenvalue weighted by Crippen LogP contribution is -2.33. The predicted octanol–water partition coefficient (Wildman–Crippen LogP) is 2.95. The van der Waals surface area contributed by atoms with Crippen LogP contribution in [0.5, 0.6) is 0 Å². The first-order valence-corrected chi connectivity index (χ1v) is 8.72. The first-order valence-electron chi connectivity index (χ1n) is 7.90. The number of urea groups is 1. The summed E-state index contributed by atoms with van der Waals surface area (Å²) in [5, 5.41) is 7.57. The van der Waals surface area contributed by atoms with Gasteiger partial charge in [-0.25, -0.2) is 9.69 Å². The van der Waals surface area contributed by atoms with Gasteiger partial charge >= 0.3 is 11.5 Å². The van der Waals surface area contributed by atoms with E-state index in [1.165, 1.54) is 41.6 Å². The van der Waals surface area contributed by atoms with Gasteiger partial charge in [-0.3, -0.25) is 15.2 Å². The van der Waals surface area contributed by atoms with Crippen LogP contribution in [-0.4, -0.2) is 39.7 Å². The molecule has 1 aromatic carbocycles. The molecule has 0 aliphatic carbocycles. The molecule has 28 heavy (non-hydrogen) atoms. The maximum absolute atomic E-state index is 12.7. The van der Waals surface area contributed by atoms with Crippen molar-refractivity contribution in [3.63, 3.8) is 0 Å². The van der Waals surface area contributed by atoms with Crippen LogP contribution in [0.2, 0.25) is 0 Å². The number of aromatic nitrogens is 1. The van der Waals surface area contributed by atoms with Gasteiger partial charge in [0, 0.05) is 29.4 Å². The summed E-state index contributed by atoms with van der Waals surface area (Å²) < 4.78 is 37.3. The molecule has 3 amide bonds. The number of nitrogens with zero attached hydrogens (tertiary/aromatic N) is 3. The van der Waals surface area contributed by atoms with E-state index in [0.717, 1.165) is 4.90 Å². The Morgan fingerprint density at radius 2 is 1.89 bits per heavy atom. The molecule has 2 aromatic rings. The van der Waals surface area contributed by atoms with E-state index < -0.39 is 17.4 Å². The van der Waals surface area contributed by atoms with Gasteiger partial charge in [-0.1, -0.05) is 0 Å². The SMILES string of the molecule is N=C(N)c1cnccc1CN1CC(=O)N(c2ccc(SC(F)(F)F)cc2)C1=O. The number of alkyl halides is 3. The molecule has 1 aliphatic rings. The van der Waals surface area contributed by atoms with Crippen molar-refractivity contribution in [2.75, 3.05) is 11.4 Å². The van der Waals surface area contributed by atoms with Gasteiger partial charge in [0.05, 0.1) is 5.69 Å². The summed E-state index contributed by atoms with van der Waals surface area (Å²) in [6.45, 7) is -0.155. The zero-order valence-corrected chi connectivity index (χ0v) is 15.0. The Balaban J connectivity index is 1.78. The largest absolute Gasteiger partial charge is 0.446 e. The maximum Gasteiger partial charge on any atom is 0.446 e. The molecule has 7 nitrogen and oxygen atoms in total. The molecule has 146 valence electrons. The molecule has 1 fully saturated rings. The molecule has 1 saturated heterocycles. The number of hydrogen-bond donors (Lipinski definition) is 2. The van der Waals surface area contributed by atoms with Crippen molar-refractivity contribution in [3.05, 3.63) is 53.9 Å². The van der Waals surface area contributed by atoms with E-state index in [-0.39, 0.29) is 41.3 Å². The van der Waals surface area contributed by atoms with Crippen LogP contribution in [0.1, 0.15) is 11.1 Å². The Morgan fingerprint density at radius 1 is 1.21 bits per heavy atom. The Kier molecular flexibility index (Phi) is 5.27. The minimum atomic E-state index is -4.42. The predicted molar refractivity (Wildman–Crippen MR) is 96.9 cm³/mol.